The van der Waals surface area contributed by atoms with Gasteiger partial charge in [0.25, 0.3) is 5.91 Å². The maximum absolute atomic E-state index is 13.2. The smallest absolute Gasteiger partial charge is 0.266 e. The van der Waals surface area contributed by atoms with Gasteiger partial charge in [-0.15, -0.1) is 0 Å². The van der Waals surface area contributed by atoms with Gasteiger partial charge < -0.3 is 14.8 Å². The highest BCUT2D eigenvalue weighted by molar-refractivity contribution is 6.35. The lowest BCUT2D eigenvalue weighted by molar-refractivity contribution is -0.112. The van der Waals surface area contributed by atoms with Crippen molar-refractivity contribution < 1.29 is 14.3 Å². The first-order chi connectivity index (χ1) is 20.4. The van der Waals surface area contributed by atoms with Crippen LogP contribution in [0.4, 0.5) is 5.69 Å². The number of rotatable bonds is 9. The molecule has 0 aliphatic carbocycles. The van der Waals surface area contributed by atoms with Crippen LogP contribution in [0.1, 0.15) is 22.3 Å². The fourth-order valence-corrected chi connectivity index (χ4v) is 4.78. The van der Waals surface area contributed by atoms with Gasteiger partial charge in [-0.3, -0.25) is 4.79 Å². The Bertz CT molecular complexity index is 1810. The molecule has 0 aliphatic rings. The van der Waals surface area contributed by atoms with Crippen molar-refractivity contribution in [3.63, 3.8) is 0 Å². The first kappa shape index (κ1) is 28.8. The monoisotopic (exact) mass is 592 g/mol. The minimum Gasteiger partial charge on any atom is -0.489 e. The molecule has 42 heavy (non-hydrogen) atoms. The summed E-state index contributed by atoms with van der Waals surface area (Å²) in [6.07, 6.45) is 1.55. The van der Waals surface area contributed by atoms with E-state index < -0.39 is 5.91 Å². The number of halogens is 2. The van der Waals surface area contributed by atoms with E-state index in [1.807, 2.05) is 73.7 Å². The molecule has 0 fully saturated rings. The van der Waals surface area contributed by atoms with Crippen molar-refractivity contribution in [2.24, 2.45) is 0 Å². The van der Waals surface area contributed by atoms with Crippen LogP contribution in [0.2, 0.25) is 10.0 Å². The van der Waals surface area contributed by atoms with Gasteiger partial charge in [0.1, 0.15) is 36.4 Å². The predicted molar refractivity (Wildman–Crippen MR) is 169 cm³/mol. The van der Waals surface area contributed by atoms with Crippen LogP contribution in [0.5, 0.6) is 11.5 Å². The number of nitriles is 1. The molecular formula is C35H26Cl2N2O3. The lowest BCUT2D eigenvalue weighted by Crippen LogP contribution is -2.13. The predicted octanol–water partition coefficient (Wildman–Crippen LogP) is 9.16. The van der Waals surface area contributed by atoms with Crippen molar-refractivity contribution in [3.05, 3.63) is 141 Å². The Hall–Kier alpha value is -4.76. The molecule has 5 aromatic carbocycles. The number of hydrogen-bond acceptors (Lipinski definition) is 4. The average Bonchev–Trinajstić information content (AvgIpc) is 3.00. The van der Waals surface area contributed by atoms with Gasteiger partial charge in [-0.1, -0.05) is 89.4 Å². The third kappa shape index (κ3) is 7.11. The topological polar surface area (TPSA) is 71.3 Å². The molecule has 0 atom stereocenters. The second-order valence-electron chi connectivity index (χ2n) is 9.65. The largest absolute Gasteiger partial charge is 0.489 e. The van der Waals surface area contributed by atoms with Crippen molar-refractivity contribution in [2.45, 2.75) is 20.1 Å². The SMILES string of the molecule is Cc1ccc(COc2ccc(NC(=O)/C(C#N)=C/c3c(OCc4ccc(Cl)cc4Cl)ccc4ccccc34)cc2)cc1. The van der Waals surface area contributed by atoms with Crippen molar-refractivity contribution in [3.8, 4) is 17.6 Å². The molecule has 0 spiro atoms. The number of fused-ring (bicyclic) bond motifs is 1. The van der Waals surface area contributed by atoms with E-state index in [-0.39, 0.29) is 12.2 Å². The number of carbonyl (C=O) groups is 1. The number of hydrogen-bond donors (Lipinski definition) is 1. The standard InChI is InChI=1S/C35H26Cl2N2O3/c1-23-6-8-24(9-7-23)21-41-30-15-13-29(14-16-30)39-35(40)27(20-38)18-32-31-5-3-2-4-25(31)11-17-34(32)42-22-26-10-12-28(36)19-33(26)37/h2-19H,21-22H2,1H3,(H,39,40)/b27-18+. The molecule has 7 heteroatoms. The fraction of sp³-hybridized carbons (Fsp3) is 0.0857. The van der Waals surface area contributed by atoms with Crippen LogP contribution in [-0.4, -0.2) is 5.91 Å². The number of amides is 1. The third-order valence-electron chi connectivity index (χ3n) is 6.62. The molecule has 0 radical (unpaired) electrons. The summed E-state index contributed by atoms with van der Waals surface area (Å²) in [4.78, 5) is 13.2. The molecule has 0 bridgehead atoms. The Labute approximate surface area is 254 Å². The number of aryl methyl sites for hydroxylation is 1. The van der Waals surface area contributed by atoms with Crippen LogP contribution in [0.3, 0.4) is 0 Å². The minimum absolute atomic E-state index is 0.0691. The second-order valence-corrected chi connectivity index (χ2v) is 10.5. The Morgan fingerprint density at radius 3 is 2.38 bits per heavy atom. The summed E-state index contributed by atoms with van der Waals surface area (Å²) in [6, 6.07) is 33.9. The quantitative estimate of drug-likeness (QED) is 0.137. The Morgan fingerprint density at radius 1 is 0.881 bits per heavy atom. The van der Waals surface area contributed by atoms with Crippen molar-refractivity contribution >= 4 is 51.6 Å². The highest BCUT2D eigenvalue weighted by atomic mass is 35.5. The van der Waals surface area contributed by atoms with Crippen LogP contribution in [0, 0.1) is 18.3 Å². The molecule has 0 saturated carbocycles. The molecule has 5 aromatic rings. The summed E-state index contributed by atoms with van der Waals surface area (Å²) in [5.74, 6) is 0.642. The first-order valence-electron chi connectivity index (χ1n) is 13.2. The summed E-state index contributed by atoms with van der Waals surface area (Å²) >= 11 is 12.4. The van der Waals surface area contributed by atoms with Crippen molar-refractivity contribution in [2.75, 3.05) is 5.32 Å². The third-order valence-corrected chi connectivity index (χ3v) is 7.21. The maximum atomic E-state index is 13.2. The first-order valence-corrected chi connectivity index (χ1v) is 14.0. The number of carbonyl (C=O) groups excluding carboxylic acids is 1. The van der Waals surface area contributed by atoms with Crippen molar-refractivity contribution in [1.29, 1.82) is 5.26 Å². The molecule has 0 saturated heterocycles. The van der Waals surface area contributed by atoms with Crippen LogP contribution in [-0.2, 0) is 18.0 Å². The fourth-order valence-electron chi connectivity index (χ4n) is 4.32. The van der Waals surface area contributed by atoms with E-state index in [9.17, 15) is 10.1 Å². The van der Waals surface area contributed by atoms with Gasteiger partial charge in [0.05, 0.1) is 0 Å². The highest BCUT2D eigenvalue weighted by Crippen LogP contribution is 2.32. The van der Waals surface area contributed by atoms with Crippen molar-refractivity contribution in [1.82, 2.24) is 0 Å². The van der Waals surface area contributed by atoms with Gasteiger partial charge in [0.2, 0.25) is 0 Å². The molecule has 1 amide bonds. The molecule has 0 unspecified atom stereocenters. The molecule has 0 heterocycles. The zero-order chi connectivity index (χ0) is 29.5. The van der Waals surface area contributed by atoms with Crippen LogP contribution < -0.4 is 14.8 Å². The number of anilines is 1. The maximum Gasteiger partial charge on any atom is 0.266 e. The number of nitrogens with zero attached hydrogens (tertiary/aromatic N) is 1. The Kier molecular flexibility index (Phi) is 9.08. The summed E-state index contributed by atoms with van der Waals surface area (Å²) in [7, 11) is 0. The van der Waals surface area contributed by atoms with Gasteiger partial charge >= 0.3 is 0 Å². The highest BCUT2D eigenvalue weighted by Gasteiger charge is 2.15. The normalized spacial score (nSPS) is 11.1. The average molecular weight is 594 g/mol. The zero-order valence-corrected chi connectivity index (χ0v) is 24.2. The summed E-state index contributed by atoms with van der Waals surface area (Å²) in [6.45, 7) is 2.66. The van der Waals surface area contributed by atoms with E-state index in [0.29, 0.717) is 39.4 Å². The molecule has 0 aromatic heterocycles. The summed E-state index contributed by atoms with van der Waals surface area (Å²) in [5.41, 5.74) is 4.10. The Balaban J connectivity index is 1.34. The van der Waals surface area contributed by atoms with Gasteiger partial charge in [0, 0.05) is 26.9 Å². The molecular weight excluding hydrogens is 567 g/mol. The lowest BCUT2D eigenvalue weighted by atomic mass is 10.0. The molecule has 5 rings (SSSR count). The van der Waals surface area contributed by atoms with Crippen LogP contribution in [0.25, 0.3) is 16.8 Å². The molecule has 1 N–H and O–H groups in total. The number of nitrogens with one attached hydrogen (secondary N) is 1. The number of benzene rings is 5. The molecule has 208 valence electrons. The van der Waals surface area contributed by atoms with Crippen LogP contribution in [0.15, 0.2) is 109 Å². The molecule has 0 aliphatic heterocycles. The van der Waals surface area contributed by atoms with Crippen LogP contribution >= 0.6 is 23.2 Å². The van der Waals surface area contributed by atoms with Gasteiger partial charge in [-0.2, -0.15) is 5.26 Å². The van der Waals surface area contributed by atoms with E-state index in [2.05, 4.69) is 5.32 Å². The number of ether oxygens (including phenoxy) is 2. The lowest BCUT2D eigenvalue weighted by Gasteiger charge is -2.14. The minimum atomic E-state index is -0.537. The van der Waals surface area contributed by atoms with E-state index in [1.54, 1.807) is 48.5 Å². The van der Waals surface area contributed by atoms with E-state index in [1.165, 1.54) is 5.56 Å². The second kappa shape index (κ2) is 13.3. The molecule has 5 nitrogen and oxygen atoms in total. The van der Waals surface area contributed by atoms with Gasteiger partial charge in [-0.05, 0) is 71.8 Å². The van der Waals surface area contributed by atoms with E-state index in [0.717, 1.165) is 21.9 Å². The van der Waals surface area contributed by atoms with Gasteiger partial charge in [-0.25, -0.2) is 0 Å². The zero-order valence-electron chi connectivity index (χ0n) is 22.7. The Morgan fingerprint density at radius 2 is 1.64 bits per heavy atom. The summed E-state index contributed by atoms with van der Waals surface area (Å²) < 4.78 is 12.0. The summed E-state index contributed by atoms with van der Waals surface area (Å²) in [5, 5.41) is 15.5. The van der Waals surface area contributed by atoms with Gasteiger partial charge in [0.15, 0.2) is 0 Å². The van der Waals surface area contributed by atoms with E-state index in [4.69, 9.17) is 32.7 Å². The van der Waals surface area contributed by atoms with E-state index >= 15 is 0 Å².